The van der Waals surface area contributed by atoms with Crippen molar-refractivity contribution in [1.29, 1.82) is 0 Å². The van der Waals surface area contributed by atoms with Crippen LogP contribution < -0.4 is 4.74 Å². The van der Waals surface area contributed by atoms with Crippen molar-refractivity contribution < 1.29 is 24.2 Å². The van der Waals surface area contributed by atoms with Crippen molar-refractivity contribution >= 4 is 5.97 Å². The first kappa shape index (κ1) is 21.3. The summed E-state index contributed by atoms with van der Waals surface area (Å²) in [5.74, 6) is 0.364. The smallest absolute Gasteiger partial charge is 0.337 e. The lowest BCUT2D eigenvalue weighted by Gasteiger charge is -2.09. The maximum atomic E-state index is 10.9. The number of hydrogen-bond donors (Lipinski definition) is 2. The third kappa shape index (κ3) is 5.39. The summed E-state index contributed by atoms with van der Waals surface area (Å²) in [6.45, 7) is 0.494. The van der Waals surface area contributed by atoms with Gasteiger partial charge in [0.1, 0.15) is 24.2 Å². The molecule has 0 aliphatic rings. The Labute approximate surface area is 185 Å². The lowest BCUT2D eigenvalue weighted by Crippen LogP contribution is -2.00. The number of nitrogens with zero attached hydrogens (tertiary/aromatic N) is 2. The topological polar surface area (TPSA) is 106 Å². The van der Waals surface area contributed by atoms with E-state index in [0.717, 1.165) is 16.9 Å². The van der Waals surface area contributed by atoms with Crippen LogP contribution in [0.25, 0.3) is 11.5 Å². The van der Waals surface area contributed by atoms with E-state index in [1.165, 1.54) is 18.5 Å². The molecule has 0 aliphatic heterocycles. The van der Waals surface area contributed by atoms with Crippen LogP contribution in [0.2, 0.25) is 0 Å². The van der Waals surface area contributed by atoms with E-state index in [2.05, 4.69) is 9.97 Å². The van der Waals surface area contributed by atoms with Crippen molar-refractivity contribution in [3.63, 3.8) is 0 Å². The highest BCUT2D eigenvalue weighted by molar-refractivity contribution is 5.87. The number of ether oxygens (including phenoxy) is 1. The highest BCUT2D eigenvalue weighted by atomic mass is 16.5. The number of aromatic carboxylic acids is 1. The van der Waals surface area contributed by atoms with E-state index >= 15 is 0 Å². The molecule has 2 aromatic heterocycles. The minimum absolute atomic E-state index is 0.0890. The van der Waals surface area contributed by atoms with Crippen molar-refractivity contribution in [2.45, 2.75) is 25.6 Å². The number of carboxylic acids is 1. The molecule has 4 aromatic rings. The van der Waals surface area contributed by atoms with Crippen molar-refractivity contribution in [3.8, 4) is 17.2 Å². The Morgan fingerprint density at radius 3 is 2.38 bits per heavy atom. The van der Waals surface area contributed by atoms with Gasteiger partial charge in [-0.3, -0.25) is 4.98 Å². The molecule has 0 spiro atoms. The third-order valence-electron chi connectivity index (χ3n) is 4.95. The first-order valence-electron chi connectivity index (χ1n) is 10.2. The lowest BCUT2D eigenvalue weighted by molar-refractivity contribution is 0.0696. The highest BCUT2D eigenvalue weighted by Crippen LogP contribution is 2.24. The largest absolute Gasteiger partial charge is 0.489 e. The van der Waals surface area contributed by atoms with E-state index < -0.39 is 12.1 Å². The number of hydrogen-bond acceptors (Lipinski definition) is 6. The molecular weight excluding hydrogens is 408 g/mol. The number of carboxylic acid groups (broad SMARTS) is 1. The van der Waals surface area contributed by atoms with Gasteiger partial charge in [-0.25, -0.2) is 9.78 Å². The van der Waals surface area contributed by atoms with Crippen LogP contribution >= 0.6 is 0 Å². The Bertz CT molecular complexity index is 1160. The zero-order valence-corrected chi connectivity index (χ0v) is 17.2. The van der Waals surface area contributed by atoms with Crippen LogP contribution in [0.1, 0.15) is 39.9 Å². The summed E-state index contributed by atoms with van der Waals surface area (Å²) in [5.41, 5.74) is 2.70. The minimum Gasteiger partial charge on any atom is -0.489 e. The Morgan fingerprint density at radius 2 is 1.69 bits per heavy atom. The summed E-state index contributed by atoms with van der Waals surface area (Å²) in [5, 5.41) is 19.4. The molecule has 7 nitrogen and oxygen atoms in total. The molecule has 0 aliphatic carbocycles. The van der Waals surface area contributed by atoms with Gasteiger partial charge in [0.2, 0.25) is 5.89 Å². The van der Waals surface area contributed by atoms with E-state index in [1.54, 1.807) is 6.07 Å². The number of carbonyl (C=O) groups is 1. The molecule has 2 aromatic carbocycles. The lowest BCUT2D eigenvalue weighted by atomic mass is 10.1. The van der Waals surface area contributed by atoms with Gasteiger partial charge in [-0.2, -0.15) is 0 Å². The minimum atomic E-state index is -1.05. The Morgan fingerprint density at radius 1 is 0.938 bits per heavy atom. The molecule has 0 radical (unpaired) electrons. The van der Waals surface area contributed by atoms with Gasteiger partial charge in [0, 0.05) is 6.20 Å². The zero-order chi connectivity index (χ0) is 22.3. The third-order valence-corrected chi connectivity index (χ3v) is 4.95. The van der Waals surface area contributed by atoms with Gasteiger partial charge in [-0.1, -0.05) is 42.5 Å². The number of pyridine rings is 1. The van der Waals surface area contributed by atoms with E-state index in [-0.39, 0.29) is 11.5 Å². The zero-order valence-electron chi connectivity index (χ0n) is 17.2. The fourth-order valence-electron chi connectivity index (χ4n) is 3.14. The van der Waals surface area contributed by atoms with Crippen LogP contribution in [-0.4, -0.2) is 26.2 Å². The van der Waals surface area contributed by atoms with Gasteiger partial charge in [-0.15, -0.1) is 0 Å². The fraction of sp³-hybridized carbons (Fsp3) is 0.160. The van der Waals surface area contributed by atoms with Crippen molar-refractivity contribution in [2.75, 3.05) is 0 Å². The fourth-order valence-corrected chi connectivity index (χ4v) is 3.14. The summed E-state index contributed by atoms with van der Waals surface area (Å²) in [7, 11) is 0. The van der Waals surface area contributed by atoms with E-state index in [1.807, 2.05) is 54.6 Å². The molecule has 2 heterocycles. The van der Waals surface area contributed by atoms with Crippen molar-refractivity contribution in [3.05, 3.63) is 102 Å². The predicted molar refractivity (Wildman–Crippen MR) is 117 cm³/mol. The number of benzene rings is 2. The maximum Gasteiger partial charge on any atom is 0.337 e. The Kier molecular flexibility index (Phi) is 6.57. The van der Waals surface area contributed by atoms with Gasteiger partial charge in [-0.05, 0) is 48.2 Å². The number of oxazole rings is 1. The maximum absolute atomic E-state index is 10.9. The first-order valence-corrected chi connectivity index (χ1v) is 10.2. The molecule has 0 bridgehead atoms. The van der Waals surface area contributed by atoms with Gasteiger partial charge in [0.15, 0.2) is 5.76 Å². The van der Waals surface area contributed by atoms with Crippen LogP contribution in [-0.2, 0) is 13.0 Å². The van der Waals surface area contributed by atoms with Crippen LogP contribution in [0.4, 0.5) is 0 Å². The number of rotatable bonds is 9. The van der Waals surface area contributed by atoms with Gasteiger partial charge >= 0.3 is 5.97 Å². The van der Waals surface area contributed by atoms with Crippen LogP contribution in [0, 0.1) is 0 Å². The van der Waals surface area contributed by atoms with Gasteiger partial charge in [0.05, 0.1) is 11.8 Å². The summed E-state index contributed by atoms with van der Waals surface area (Å²) in [4.78, 5) is 19.1. The molecule has 7 heteroatoms. The van der Waals surface area contributed by atoms with E-state index in [4.69, 9.17) is 14.3 Å². The molecule has 32 heavy (non-hydrogen) atoms. The quantitative estimate of drug-likeness (QED) is 0.397. The molecule has 2 N–H and O–H groups in total. The van der Waals surface area contributed by atoms with Gasteiger partial charge in [0.25, 0.3) is 0 Å². The number of aryl methyl sites for hydroxylation is 1. The summed E-state index contributed by atoms with van der Waals surface area (Å²) < 4.78 is 11.4. The number of para-hydroxylation sites is 1. The molecular formula is C25H22N2O5. The van der Waals surface area contributed by atoms with Crippen molar-refractivity contribution in [2.24, 2.45) is 0 Å². The summed E-state index contributed by atoms with van der Waals surface area (Å²) in [6.07, 6.45) is 2.98. The average molecular weight is 430 g/mol. The Hall–Kier alpha value is -3.97. The second kappa shape index (κ2) is 9.89. The normalized spacial score (nSPS) is 11.8. The summed E-state index contributed by atoms with van der Waals surface area (Å²) >= 11 is 0. The number of aromatic nitrogens is 2. The number of aliphatic hydroxyl groups excluding tert-OH is 1. The first-order chi connectivity index (χ1) is 15.6. The van der Waals surface area contributed by atoms with Gasteiger partial charge < -0.3 is 19.4 Å². The number of aliphatic hydroxyl groups is 1. The monoisotopic (exact) mass is 430 g/mol. The molecule has 0 saturated carbocycles. The van der Waals surface area contributed by atoms with E-state index in [9.17, 15) is 9.90 Å². The molecule has 0 saturated heterocycles. The second-order valence-electron chi connectivity index (χ2n) is 7.27. The average Bonchev–Trinajstić information content (AvgIpc) is 3.33. The van der Waals surface area contributed by atoms with Crippen LogP contribution in [0.15, 0.2) is 83.5 Å². The molecule has 162 valence electrons. The molecule has 0 amide bonds. The highest BCUT2D eigenvalue weighted by Gasteiger charge is 2.16. The predicted octanol–water partition coefficient (Wildman–Crippen LogP) is 4.68. The van der Waals surface area contributed by atoms with Crippen LogP contribution in [0.3, 0.4) is 0 Å². The molecule has 4 rings (SSSR count). The Balaban J connectivity index is 1.30. The van der Waals surface area contributed by atoms with Crippen LogP contribution in [0.5, 0.6) is 5.75 Å². The van der Waals surface area contributed by atoms with E-state index in [0.29, 0.717) is 30.9 Å². The SMILES string of the molecule is O=C(O)c1ccc(-c2cnc(C(O)CCc3ccc(COc4ccccc4)cc3)o2)nc1. The standard InChI is InChI=1S/C25H22N2O5/c28-22(24-27-15-23(32-24)21-12-11-19(14-26-21)25(29)30)13-10-17-6-8-18(9-7-17)16-31-20-4-2-1-3-5-20/h1-9,11-12,14-15,22,28H,10,13,16H2,(H,29,30). The second-order valence-corrected chi connectivity index (χ2v) is 7.27. The molecule has 1 unspecified atom stereocenters. The molecule has 1 atom stereocenters. The molecule has 0 fully saturated rings. The van der Waals surface area contributed by atoms with Crippen molar-refractivity contribution in [1.82, 2.24) is 9.97 Å². The summed E-state index contributed by atoms with van der Waals surface area (Å²) in [6, 6.07) is 20.7.